The van der Waals surface area contributed by atoms with E-state index < -0.39 is 0 Å². The van der Waals surface area contributed by atoms with Crippen LogP contribution < -0.4 is 14.8 Å². The summed E-state index contributed by atoms with van der Waals surface area (Å²) in [6.07, 6.45) is 3.54. The minimum absolute atomic E-state index is 0.0664. The lowest BCUT2D eigenvalue weighted by molar-refractivity contribution is -0.119. The topological polar surface area (TPSA) is 65.4 Å². The molecule has 116 valence electrons. The molecule has 0 spiro atoms. The summed E-state index contributed by atoms with van der Waals surface area (Å²) in [5.74, 6) is 1.09. The second-order valence-electron chi connectivity index (χ2n) is 5.13. The molecule has 2 aromatic rings. The van der Waals surface area contributed by atoms with Crippen molar-refractivity contribution in [2.45, 2.75) is 13.5 Å². The van der Waals surface area contributed by atoms with Crippen LogP contribution in [-0.2, 0) is 11.3 Å². The number of carbonyl (C=O) groups excluding carboxylic acids is 1. The zero-order chi connectivity index (χ0) is 15.5. The predicted molar refractivity (Wildman–Crippen MR) is 85.2 cm³/mol. The first-order chi connectivity index (χ1) is 10.6. The molecule has 1 amide bonds. The van der Waals surface area contributed by atoms with E-state index in [0.29, 0.717) is 36.9 Å². The van der Waals surface area contributed by atoms with E-state index in [1.165, 1.54) is 0 Å². The van der Waals surface area contributed by atoms with Crippen LogP contribution in [0.5, 0.6) is 11.5 Å². The highest BCUT2D eigenvalue weighted by atomic mass is 79.9. The van der Waals surface area contributed by atoms with Gasteiger partial charge < -0.3 is 14.8 Å². The molecule has 6 nitrogen and oxygen atoms in total. The molecule has 1 atom stereocenters. The molecule has 3 rings (SSSR count). The van der Waals surface area contributed by atoms with Crippen molar-refractivity contribution < 1.29 is 14.3 Å². The van der Waals surface area contributed by atoms with Crippen molar-refractivity contribution in [1.29, 1.82) is 0 Å². The number of fused-ring (bicyclic) bond motifs is 1. The summed E-state index contributed by atoms with van der Waals surface area (Å²) in [5.41, 5.74) is 0.697. The average Bonchev–Trinajstić information content (AvgIpc) is 2.92. The van der Waals surface area contributed by atoms with Crippen LogP contribution in [0.4, 0.5) is 5.69 Å². The fraction of sp³-hybridized carbons (Fsp3) is 0.333. The number of hydrogen-bond acceptors (Lipinski definition) is 4. The van der Waals surface area contributed by atoms with E-state index in [4.69, 9.17) is 9.47 Å². The van der Waals surface area contributed by atoms with Crippen molar-refractivity contribution in [3.05, 3.63) is 35.1 Å². The molecule has 1 aliphatic rings. The summed E-state index contributed by atoms with van der Waals surface area (Å²) < 4.78 is 13.6. The molecular formula is C15H16BrN3O3. The molecule has 1 aromatic carbocycles. The fourth-order valence-electron chi connectivity index (χ4n) is 2.19. The number of halogens is 1. The number of ether oxygens (including phenoxy) is 2. The van der Waals surface area contributed by atoms with Gasteiger partial charge in [-0.15, -0.1) is 0 Å². The molecule has 1 aliphatic heterocycles. The summed E-state index contributed by atoms with van der Waals surface area (Å²) in [6, 6.07) is 5.39. The van der Waals surface area contributed by atoms with Gasteiger partial charge in [-0.25, -0.2) is 0 Å². The number of benzene rings is 1. The quantitative estimate of drug-likeness (QED) is 0.904. The van der Waals surface area contributed by atoms with Gasteiger partial charge in [-0.2, -0.15) is 5.10 Å². The van der Waals surface area contributed by atoms with Gasteiger partial charge in [-0.1, -0.05) is 6.92 Å². The lowest BCUT2D eigenvalue weighted by atomic mass is 10.1. The van der Waals surface area contributed by atoms with Gasteiger partial charge in [-0.3, -0.25) is 9.48 Å². The maximum atomic E-state index is 12.3. The zero-order valence-electron chi connectivity index (χ0n) is 12.1. The number of nitrogens with zero attached hydrogens (tertiary/aromatic N) is 2. The number of rotatable bonds is 4. The molecular weight excluding hydrogens is 350 g/mol. The molecule has 22 heavy (non-hydrogen) atoms. The molecule has 1 aromatic heterocycles. The van der Waals surface area contributed by atoms with Crippen molar-refractivity contribution in [2.24, 2.45) is 5.92 Å². The molecule has 1 unspecified atom stereocenters. The summed E-state index contributed by atoms with van der Waals surface area (Å²) in [6.45, 7) is 3.45. The first-order valence-electron chi connectivity index (χ1n) is 7.00. The lowest BCUT2D eigenvalue weighted by Crippen LogP contribution is -2.24. The number of carbonyl (C=O) groups is 1. The second kappa shape index (κ2) is 6.39. The van der Waals surface area contributed by atoms with Crippen molar-refractivity contribution in [3.63, 3.8) is 0 Å². The number of nitrogens with one attached hydrogen (secondary N) is 1. The summed E-state index contributed by atoms with van der Waals surface area (Å²) >= 11 is 3.34. The Labute approximate surface area is 136 Å². The monoisotopic (exact) mass is 365 g/mol. The first kappa shape index (κ1) is 14.9. The van der Waals surface area contributed by atoms with Crippen LogP contribution >= 0.6 is 15.9 Å². The van der Waals surface area contributed by atoms with Gasteiger partial charge >= 0.3 is 0 Å². The molecule has 0 fully saturated rings. The molecule has 0 saturated carbocycles. The Hall–Kier alpha value is -2.02. The number of anilines is 1. The first-order valence-corrected chi connectivity index (χ1v) is 7.79. The molecule has 0 saturated heterocycles. The standard InChI is InChI=1S/C15H16BrN3O3/c1-10(8-19-9-11(16)7-17-19)15(20)18-12-2-3-13-14(6-12)22-5-4-21-13/h2-3,6-7,9-10H,4-5,8H2,1H3,(H,18,20). The van der Waals surface area contributed by atoms with Crippen LogP contribution in [0.1, 0.15) is 6.92 Å². The molecule has 7 heteroatoms. The number of aromatic nitrogens is 2. The van der Waals surface area contributed by atoms with Crippen LogP contribution in [0.3, 0.4) is 0 Å². The molecule has 0 aliphatic carbocycles. The van der Waals surface area contributed by atoms with Gasteiger partial charge in [0.05, 0.1) is 23.1 Å². The van der Waals surface area contributed by atoms with Crippen molar-refractivity contribution in [1.82, 2.24) is 9.78 Å². The Bertz CT molecular complexity index is 686. The van der Waals surface area contributed by atoms with E-state index in [-0.39, 0.29) is 11.8 Å². The highest BCUT2D eigenvalue weighted by molar-refractivity contribution is 9.10. The van der Waals surface area contributed by atoms with Crippen LogP contribution in [0, 0.1) is 5.92 Å². The highest BCUT2D eigenvalue weighted by Crippen LogP contribution is 2.32. The zero-order valence-corrected chi connectivity index (χ0v) is 13.7. The third kappa shape index (κ3) is 3.41. The molecule has 2 heterocycles. The van der Waals surface area contributed by atoms with Crippen LogP contribution in [0.2, 0.25) is 0 Å². The van der Waals surface area contributed by atoms with E-state index in [9.17, 15) is 4.79 Å². The number of amides is 1. The van der Waals surface area contributed by atoms with E-state index >= 15 is 0 Å². The van der Waals surface area contributed by atoms with Gasteiger partial charge in [0, 0.05) is 18.0 Å². The number of hydrogen-bond donors (Lipinski definition) is 1. The average molecular weight is 366 g/mol. The Balaban J connectivity index is 1.63. The molecule has 0 bridgehead atoms. The summed E-state index contributed by atoms with van der Waals surface area (Å²) in [7, 11) is 0. The molecule has 1 N–H and O–H groups in total. The smallest absolute Gasteiger partial charge is 0.229 e. The van der Waals surface area contributed by atoms with Gasteiger partial charge in [-0.05, 0) is 28.1 Å². The highest BCUT2D eigenvalue weighted by Gasteiger charge is 2.16. The van der Waals surface area contributed by atoms with Crippen LogP contribution in [0.15, 0.2) is 35.1 Å². The minimum Gasteiger partial charge on any atom is -0.486 e. The summed E-state index contributed by atoms with van der Waals surface area (Å²) in [4.78, 5) is 12.3. The fourth-order valence-corrected chi connectivity index (χ4v) is 2.52. The van der Waals surface area contributed by atoms with E-state index in [2.05, 4.69) is 26.3 Å². The Kier molecular flexibility index (Phi) is 4.33. The minimum atomic E-state index is -0.208. The van der Waals surface area contributed by atoms with E-state index in [1.807, 2.05) is 19.2 Å². The third-order valence-electron chi connectivity index (χ3n) is 3.32. The Morgan fingerprint density at radius 2 is 2.18 bits per heavy atom. The van der Waals surface area contributed by atoms with Crippen LogP contribution in [-0.4, -0.2) is 28.9 Å². The maximum absolute atomic E-state index is 12.3. The second-order valence-corrected chi connectivity index (χ2v) is 6.05. The van der Waals surface area contributed by atoms with E-state index in [0.717, 1.165) is 4.47 Å². The Morgan fingerprint density at radius 1 is 1.41 bits per heavy atom. The predicted octanol–water partition coefficient (Wildman–Crippen LogP) is 2.69. The largest absolute Gasteiger partial charge is 0.486 e. The van der Waals surface area contributed by atoms with Crippen molar-refractivity contribution in [2.75, 3.05) is 18.5 Å². The van der Waals surface area contributed by atoms with Crippen LogP contribution in [0.25, 0.3) is 0 Å². The Morgan fingerprint density at radius 3 is 2.91 bits per heavy atom. The lowest BCUT2D eigenvalue weighted by Gasteiger charge is -2.19. The van der Waals surface area contributed by atoms with Gasteiger partial charge in [0.15, 0.2) is 11.5 Å². The van der Waals surface area contributed by atoms with Gasteiger partial charge in [0.1, 0.15) is 13.2 Å². The van der Waals surface area contributed by atoms with E-state index in [1.54, 1.807) is 23.0 Å². The maximum Gasteiger partial charge on any atom is 0.229 e. The third-order valence-corrected chi connectivity index (χ3v) is 3.73. The van der Waals surface area contributed by atoms with Gasteiger partial charge in [0.25, 0.3) is 0 Å². The normalized spacial score (nSPS) is 14.5. The summed E-state index contributed by atoms with van der Waals surface area (Å²) in [5, 5.41) is 7.05. The van der Waals surface area contributed by atoms with Crippen molar-refractivity contribution in [3.8, 4) is 11.5 Å². The SMILES string of the molecule is CC(Cn1cc(Br)cn1)C(=O)Nc1ccc2c(c1)OCCO2. The van der Waals surface area contributed by atoms with Crippen molar-refractivity contribution >= 4 is 27.5 Å². The molecule has 0 radical (unpaired) electrons. The van der Waals surface area contributed by atoms with Gasteiger partial charge in [0.2, 0.25) is 5.91 Å².